The van der Waals surface area contributed by atoms with Crippen LogP contribution < -0.4 is 10.1 Å². The number of para-hydroxylation sites is 2. The van der Waals surface area contributed by atoms with Crippen molar-refractivity contribution in [2.45, 2.75) is 12.1 Å². The number of thioether (sulfide) groups is 1. The number of Topliss-reactive ketones (excluding diaryl/α,β-unsaturated/α-hetero) is 1. The number of ether oxygens (including phenoxy) is 1. The lowest BCUT2D eigenvalue weighted by Crippen LogP contribution is -2.15. The summed E-state index contributed by atoms with van der Waals surface area (Å²) < 4.78 is 6.85. The summed E-state index contributed by atoms with van der Waals surface area (Å²) in [7, 11) is 1.57. The van der Waals surface area contributed by atoms with Gasteiger partial charge in [0.25, 0.3) is 0 Å². The van der Waals surface area contributed by atoms with Crippen LogP contribution in [-0.4, -0.2) is 44.8 Å². The van der Waals surface area contributed by atoms with Gasteiger partial charge in [-0.3, -0.25) is 9.59 Å². The number of aromatic nitrogens is 4. The predicted octanol–water partition coefficient (Wildman–Crippen LogP) is 2.60. The number of amides is 1. The fraction of sp³-hybridized carbons (Fsp3) is 0.167. The van der Waals surface area contributed by atoms with Gasteiger partial charge in [-0.05, 0) is 41.6 Å². The van der Waals surface area contributed by atoms with Crippen molar-refractivity contribution in [2.75, 3.05) is 18.2 Å². The number of nitrogens with zero attached hydrogens (tertiary/aromatic N) is 4. The molecule has 8 nitrogen and oxygen atoms in total. The summed E-state index contributed by atoms with van der Waals surface area (Å²) in [4.78, 5) is 23.7. The van der Waals surface area contributed by atoms with Gasteiger partial charge in [0.1, 0.15) is 11.4 Å². The molecule has 0 saturated heterocycles. The molecule has 1 amide bonds. The van der Waals surface area contributed by atoms with E-state index in [0.29, 0.717) is 27.8 Å². The first-order valence-electron chi connectivity index (χ1n) is 8.04. The maximum atomic E-state index is 12.2. The van der Waals surface area contributed by atoms with E-state index in [0.717, 1.165) is 0 Å². The fourth-order valence-corrected chi connectivity index (χ4v) is 3.05. The standard InChI is InChI=1S/C18H17N5O3S/c1-12(24)13-6-5-7-14(10-13)19-17(25)11-27-18-20-21-22-23(18)15-8-3-4-9-16(15)26-2/h3-10H,11H2,1-2H3,(H,19,25). The van der Waals surface area contributed by atoms with Gasteiger partial charge in [0.2, 0.25) is 11.1 Å². The lowest BCUT2D eigenvalue weighted by atomic mass is 10.1. The van der Waals surface area contributed by atoms with Crippen molar-refractivity contribution < 1.29 is 14.3 Å². The van der Waals surface area contributed by atoms with E-state index in [-0.39, 0.29) is 17.4 Å². The Morgan fingerprint density at radius 1 is 1.19 bits per heavy atom. The first-order valence-corrected chi connectivity index (χ1v) is 9.02. The Labute approximate surface area is 159 Å². The van der Waals surface area contributed by atoms with Crippen LogP contribution in [0.1, 0.15) is 17.3 Å². The highest BCUT2D eigenvalue weighted by atomic mass is 32.2. The largest absolute Gasteiger partial charge is 0.494 e. The number of benzene rings is 2. The third-order valence-corrected chi connectivity index (χ3v) is 4.56. The Hall–Kier alpha value is -3.20. The number of carbonyl (C=O) groups is 2. The second kappa shape index (κ2) is 8.45. The number of carbonyl (C=O) groups excluding carboxylic acids is 2. The number of anilines is 1. The monoisotopic (exact) mass is 383 g/mol. The van der Waals surface area contributed by atoms with E-state index in [9.17, 15) is 9.59 Å². The molecule has 0 saturated carbocycles. The summed E-state index contributed by atoms with van der Waals surface area (Å²) in [5.41, 5.74) is 1.79. The summed E-state index contributed by atoms with van der Waals surface area (Å²) in [5.74, 6) is 0.448. The highest BCUT2D eigenvalue weighted by molar-refractivity contribution is 7.99. The topological polar surface area (TPSA) is 99.0 Å². The SMILES string of the molecule is COc1ccccc1-n1nnnc1SCC(=O)Nc1cccc(C(C)=O)c1. The van der Waals surface area contributed by atoms with Crippen molar-refractivity contribution in [2.24, 2.45) is 0 Å². The molecular weight excluding hydrogens is 366 g/mol. The molecule has 0 radical (unpaired) electrons. The lowest BCUT2D eigenvalue weighted by molar-refractivity contribution is -0.113. The van der Waals surface area contributed by atoms with Crippen LogP contribution >= 0.6 is 11.8 Å². The van der Waals surface area contributed by atoms with Crippen molar-refractivity contribution in [1.82, 2.24) is 20.2 Å². The molecule has 0 aliphatic rings. The second-order valence-electron chi connectivity index (χ2n) is 5.52. The Bertz CT molecular complexity index is 973. The zero-order chi connectivity index (χ0) is 19.2. The molecule has 2 aromatic carbocycles. The first kappa shape index (κ1) is 18.6. The van der Waals surface area contributed by atoms with Gasteiger partial charge in [-0.15, -0.1) is 5.10 Å². The number of nitrogens with one attached hydrogen (secondary N) is 1. The van der Waals surface area contributed by atoms with Gasteiger partial charge < -0.3 is 10.1 Å². The summed E-state index contributed by atoms with van der Waals surface area (Å²) in [5, 5.41) is 14.9. The van der Waals surface area contributed by atoms with Crippen LogP contribution in [0.15, 0.2) is 53.7 Å². The average molecular weight is 383 g/mol. The van der Waals surface area contributed by atoms with Crippen LogP contribution in [0, 0.1) is 0 Å². The maximum Gasteiger partial charge on any atom is 0.234 e. The maximum absolute atomic E-state index is 12.2. The van der Waals surface area contributed by atoms with Gasteiger partial charge in [-0.25, -0.2) is 0 Å². The quantitative estimate of drug-likeness (QED) is 0.494. The van der Waals surface area contributed by atoms with Crippen molar-refractivity contribution in [3.63, 3.8) is 0 Å². The zero-order valence-corrected chi connectivity index (χ0v) is 15.6. The lowest BCUT2D eigenvalue weighted by Gasteiger charge is -2.09. The molecule has 0 spiro atoms. The molecule has 3 aromatic rings. The molecule has 1 N–H and O–H groups in total. The Morgan fingerprint density at radius 2 is 2.00 bits per heavy atom. The Morgan fingerprint density at radius 3 is 2.78 bits per heavy atom. The molecular formula is C18H17N5O3S. The zero-order valence-electron chi connectivity index (χ0n) is 14.7. The first-order chi connectivity index (χ1) is 13.1. The third-order valence-electron chi connectivity index (χ3n) is 3.64. The van der Waals surface area contributed by atoms with Crippen LogP contribution in [0.5, 0.6) is 5.75 Å². The molecule has 138 valence electrons. The minimum absolute atomic E-state index is 0.0588. The molecule has 0 unspecified atom stereocenters. The van der Waals surface area contributed by atoms with Gasteiger partial charge in [0.05, 0.1) is 12.9 Å². The third kappa shape index (κ3) is 4.50. The van der Waals surface area contributed by atoms with Gasteiger partial charge in [-0.1, -0.05) is 36.0 Å². The number of hydrogen-bond acceptors (Lipinski definition) is 7. The van der Waals surface area contributed by atoms with E-state index >= 15 is 0 Å². The molecule has 0 aliphatic heterocycles. The Kier molecular flexibility index (Phi) is 5.82. The van der Waals surface area contributed by atoms with Crippen LogP contribution in [-0.2, 0) is 4.79 Å². The summed E-state index contributed by atoms with van der Waals surface area (Å²) in [6, 6.07) is 14.1. The van der Waals surface area contributed by atoms with E-state index in [1.165, 1.54) is 23.4 Å². The van der Waals surface area contributed by atoms with Crippen molar-refractivity contribution >= 4 is 29.1 Å². The second-order valence-corrected chi connectivity index (χ2v) is 6.46. The highest BCUT2D eigenvalue weighted by Gasteiger charge is 2.14. The van der Waals surface area contributed by atoms with Gasteiger partial charge in [0, 0.05) is 11.3 Å². The van der Waals surface area contributed by atoms with E-state index in [1.807, 2.05) is 18.2 Å². The number of methoxy groups -OCH3 is 1. The minimum Gasteiger partial charge on any atom is -0.494 e. The Balaban J connectivity index is 1.68. The van der Waals surface area contributed by atoms with Crippen LogP contribution in [0.2, 0.25) is 0 Å². The molecule has 1 heterocycles. The number of rotatable bonds is 7. The van der Waals surface area contributed by atoms with E-state index < -0.39 is 0 Å². The summed E-state index contributed by atoms with van der Waals surface area (Å²) >= 11 is 1.20. The van der Waals surface area contributed by atoms with E-state index in [1.54, 1.807) is 37.4 Å². The smallest absolute Gasteiger partial charge is 0.234 e. The van der Waals surface area contributed by atoms with Crippen molar-refractivity contribution in [3.8, 4) is 11.4 Å². The normalized spacial score (nSPS) is 10.4. The van der Waals surface area contributed by atoms with Gasteiger partial charge >= 0.3 is 0 Å². The van der Waals surface area contributed by atoms with E-state index in [4.69, 9.17) is 4.74 Å². The van der Waals surface area contributed by atoms with Crippen LogP contribution in [0.4, 0.5) is 5.69 Å². The van der Waals surface area contributed by atoms with Crippen LogP contribution in [0.3, 0.4) is 0 Å². The van der Waals surface area contributed by atoms with Crippen molar-refractivity contribution in [1.29, 1.82) is 0 Å². The molecule has 3 rings (SSSR count). The molecule has 27 heavy (non-hydrogen) atoms. The minimum atomic E-state index is -0.227. The molecule has 9 heteroatoms. The summed E-state index contributed by atoms with van der Waals surface area (Å²) in [6.45, 7) is 1.48. The average Bonchev–Trinajstić information content (AvgIpc) is 3.15. The predicted molar refractivity (Wildman–Crippen MR) is 102 cm³/mol. The molecule has 0 bridgehead atoms. The van der Waals surface area contributed by atoms with Crippen molar-refractivity contribution in [3.05, 3.63) is 54.1 Å². The molecule has 1 aromatic heterocycles. The highest BCUT2D eigenvalue weighted by Crippen LogP contribution is 2.25. The number of hydrogen-bond donors (Lipinski definition) is 1. The fourth-order valence-electron chi connectivity index (χ4n) is 2.37. The molecule has 0 aliphatic carbocycles. The summed E-state index contributed by atoms with van der Waals surface area (Å²) in [6.07, 6.45) is 0. The van der Waals surface area contributed by atoms with E-state index in [2.05, 4.69) is 20.8 Å². The van der Waals surface area contributed by atoms with Gasteiger partial charge in [-0.2, -0.15) is 4.68 Å². The number of tetrazole rings is 1. The van der Waals surface area contributed by atoms with Gasteiger partial charge in [0.15, 0.2) is 5.78 Å². The number of ketones is 1. The molecule has 0 fully saturated rings. The van der Waals surface area contributed by atoms with Crippen LogP contribution in [0.25, 0.3) is 5.69 Å². The molecule has 0 atom stereocenters.